The van der Waals surface area contributed by atoms with Crippen molar-refractivity contribution in [3.63, 3.8) is 0 Å². The number of aromatic nitrogens is 1. The molecule has 0 unspecified atom stereocenters. The highest BCUT2D eigenvalue weighted by Gasteiger charge is 2.07. The molecule has 2 heterocycles. The summed E-state index contributed by atoms with van der Waals surface area (Å²) in [6.07, 6.45) is 0. The van der Waals surface area contributed by atoms with Gasteiger partial charge in [0.25, 0.3) is 0 Å². The summed E-state index contributed by atoms with van der Waals surface area (Å²) in [5, 5.41) is 9.85. The number of rotatable bonds is 1. The van der Waals surface area contributed by atoms with E-state index >= 15 is 0 Å². The molecule has 2 N–H and O–H groups in total. The summed E-state index contributed by atoms with van der Waals surface area (Å²) in [5.41, 5.74) is 10.8. The summed E-state index contributed by atoms with van der Waals surface area (Å²) < 4.78 is 2.30. The van der Waals surface area contributed by atoms with Crippen molar-refractivity contribution < 1.29 is 0 Å². The molecule has 2 bridgehead atoms. The summed E-state index contributed by atoms with van der Waals surface area (Å²) in [6.45, 7) is 0. The average molecular weight is 461 g/mol. The Morgan fingerprint density at radius 2 is 0.833 bits per heavy atom. The van der Waals surface area contributed by atoms with Gasteiger partial charge in [-0.2, -0.15) is 0 Å². The molecule has 0 aliphatic heterocycles. The van der Waals surface area contributed by atoms with E-state index in [2.05, 4.69) is 114 Å². The zero-order valence-corrected chi connectivity index (χ0v) is 19.7. The SMILES string of the molecule is Nc1c2ccccc2cc2ccccc12.c1ccc2cc3cc(-n4c5ccc4cc5)ccc3cc2c1. The molecule has 6 aromatic carbocycles. The number of nitrogen functional groups attached to an aromatic ring is 1. The summed E-state index contributed by atoms with van der Waals surface area (Å²) in [5.74, 6) is 0. The predicted molar refractivity (Wildman–Crippen MR) is 155 cm³/mol. The van der Waals surface area contributed by atoms with Crippen LogP contribution in [0, 0.1) is 0 Å². The van der Waals surface area contributed by atoms with Gasteiger partial charge in [-0.05, 0) is 86.9 Å². The first kappa shape index (κ1) is 20.5. The maximum absolute atomic E-state index is 6.15. The van der Waals surface area contributed by atoms with Crippen LogP contribution in [0.15, 0.2) is 133 Å². The quantitative estimate of drug-likeness (QED) is 0.192. The highest BCUT2D eigenvalue weighted by atomic mass is 15.0. The second kappa shape index (κ2) is 8.14. The molecular formula is C34H24N2. The van der Waals surface area contributed by atoms with Crippen molar-refractivity contribution in [3.8, 4) is 5.69 Å². The van der Waals surface area contributed by atoms with Crippen LogP contribution in [0.1, 0.15) is 0 Å². The van der Waals surface area contributed by atoms with Gasteiger partial charge in [-0.25, -0.2) is 0 Å². The number of hydrogen-bond donors (Lipinski definition) is 1. The Labute approximate surface area is 209 Å². The van der Waals surface area contributed by atoms with E-state index in [1.165, 1.54) is 49.0 Å². The molecule has 0 radical (unpaired) electrons. The first-order valence-electron chi connectivity index (χ1n) is 12.2. The Kier molecular flexibility index (Phi) is 4.65. The molecule has 0 spiro atoms. The topological polar surface area (TPSA) is 30.9 Å². The number of anilines is 1. The molecular weight excluding hydrogens is 436 g/mol. The van der Waals surface area contributed by atoms with Gasteiger partial charge in [0.15, 0.2) is 0 Å². The molecule has 2 nitrogen and oxygen atoms in total. The zero-order valence-electron chi connectivity index (χ0n) is 19.7. The summed E-state index contributed by atoms with van der Waals surface area (Å²) in [6, 6.07) is 47.1. The van der Waals surface area contributed by atoms with E-state index < -0.39 is 0 Å². The van der Waals surface area contributed by atoms with E-state index in [9.17, 15) is 0 Å². The van der Waals surface area contributed by atoms with Gasteiger partial charge < -0.3 is 10.3 Å². The van der Waals surface area contributed by atoms with Crippen LogP contribution in [0.4, 0.5) is 5.69 Å². The van der Waals surface area contributed by atoms with E-state index in [0.717, 1.165) is 16.5 Å². The number of hydrogen-bond acceptors (Lipinski definition) is 1. The minimum absolute atomic E-state index is 0.878. The van der Waals surface area contributed by atoms with Crippen LogP contribution in [-0.2, 0) is 0 Å². The Balaban J connectivity index is 0.000000130. The van der Waals surface area contributed by atoms with Gasteiger partial charge in [0.2, 0.25) is 0 Å². The van der Waals surface area contributed by atoms with Crippen LogP contribution in [0.3, 0.4) is 0 Å². The second-order valence-electron chi connectivity index (χ2n) is 9.32. The van der Waals surface area contributed by atoms with E-state index in [1.807, 2.05) is 24.3 Å². The third-order valence-electron chi connectivity index (χ3n) is 7.13. The van der Waals surface area contributed by atoms with Crippen molar-refractivity contribution in [2.75, 3.05) is 5.73 Å². The molecule has 0 atom stereocenters. The number of benzene rings is 7. The van der Waals surface area contributed by atoms with E-state index in [1.54, 1.807) is 0 Å². The molecule has 2 heteroatoms. The minimum atomic E-state index is 0.878. The molecule has 8 aromatic rings. The van der Waals surface area contributed by atoms with Crippen molar-refractivity contribution in [2.24, 2.45) is 0 Å². The molecule has 0 saturated heterocycles. The lowest BCUT2D eigenvalue weighted by Crippen LogP contribution is -1.90. The monoisotopic (exact) mass is 460 g/mol. The predicted octanol–water partition coefficient (Wildman–Crippen LogP) is 8.95. The summed E-state index contributed by atoms with van der Waals surface area (Å²) >= 11 is 0. The lowest BCUT2D eigenvalue weighted by atomic mass is 10.0. The molecule has 0 aliphatic carbocycles. The largest absolute Gasteiger partial charge is 0.398 e. The fourth-order valence-corrected chi connectivity index (χ4v) is 5.31. The second-order valence-corrected chi connectivity index (χ2v) is 9.32. The lowest BCUT2D eigenvalue weighted by Gasteiger charge is -2.08. The maximum Gasteiger partial charge on any atom is 0.0473 e. The van der Waals surface area contributed by atoms with Crippen LogP contribution in [0.2, 0.25) is 0 Å². The Morgan fingerprint density at radius 1 is 0.389 bits per heavy atom. The van der Waals surface area contributed by atoms with E-state index in [0.29, 0.717) is 0 Å². The molecule has 0 amide bonds. The highest BCUT2D eigenvalue weighted by Crippen LogP contribution is 2.30. The third kappa shape index (κ3) is 3.35. The van der Waals surface area contributed by atoms with Gasteiger partial charge >= 0.3 is 0 Å². The van der Waals surface area contributed by atoms with Crippen LogP contribution in [-0.4, -0.2) is 4.57 Å². The van der Waals surface area contributed by atoms with Gasteiger partial charge in [0.05, 0.1) is 0 Å². The van der Waals surface area contributed by atoms with Crippen molar-refractivity contribution in [1.29, 1.82) is 0 Å². The van der Waals surface area contributed by atoms with E-state index in [-0.39, 0.29) is 0 Å². The van der Waals surface area contributed by atoms with Gasteiger partial charge in [0, 0.05) is 33.2 Å². The van der Waals surface area contributed by atoms with Crippen LogP contribution >= 0.6 is 0 Å². The van der Waals surface area contributed by atoms with Crippen LogP contribution in [0.25, 0.3) is 59.8 Å². The van der Waals surface area contributed by atoms with Crippen molar-refractivity contribution >= 4 is 59.8 Å². The molecule has 36 heavy (non-hydrogen) atoms. The lowest BCUT2D eigenvalue weighted by molar-refractivity contribution is 1.20. The van der Waals surface area contributed by atoms with Crippen molar-refractivity contribution in [2.45, 2.75) is 0 Å². The maximum atomic E-state index is 6.15. The first-order chi connectivity index (χ1) is 17.7. The zero-order chi connectivity index (χ0) is 24.1. The molecule has 0 aliphatic rings. The molecule has 8 rings (SSSR count). The summed E-state index contributed by atoms with van der Waals surface area (Å²) in [7, 11) is 0. The molecule has 170 valence electrons. The highest BCUT2D eigenvalue weighted by molar-refractivity contribution is 6.10. The van der Waals surface area contributed by atoms with Gasteiger partial charge in [0.1, 0.15) is 0 Å². The van der Waals surface area contributed by atoms with E-state index in [4.69, 9.17) is 5.73 Å². The normalized spacial score (nSPS) is 11.4. The molecule has 0 saturated carbocycles. The standard InChI is InChI=1S/C20H13N.C14H11N/c1-2-4-15-12-17-13-20(6-5-16(17)11-14(15)3-1)21-18-7-8-19(21)10-9-18;15-14-12-7-3-1-5-10(12)9-11-6-2-4-8-13(11)14/h1-13H;1-9H,15H2. The van der Waals surface area contributed by atoms with Gasteiger partial charge in [-0.15, -0.1) is 0 Å². The smallest absolute Gasteiger partial charge is 0.0473 e. The fraction of sp³-hybridized carbons (Fsp3) is 0. The Bertz CT molecular complexity index is 1910. The Hall–Kier alpha value is -4.82. The van der Waals surface area contributed by atoms with Crippen molar-refractivity contribution in [1.82, 2.24) is 4.57 Å². The van der Waals surface area contributed by atoms with Gasteiger partial charge in [-0.1, -0.05) is 78.9 Å². The molecule has 0 fully saturated rings. The van der Waals surface area contributed by atoms with Crippen LogP contribution < -0.4 is 5.73 Å². The van der Waals surface area contributed by atoms with Crippen LogP contribution in [0.5, 0.6) is 0 Å². The third-order valence-corrected chi connectivity index (χ3v) is 7.13. The summed E-state index contributed by atoms with van der Waals surface area (Å²) in [4.78, 5) is 0. The number of nitrogens with two attached hydrogens (primary N) is 1. The van der Waals surface area contributed by atoms with Gasteiger partial charge in [-0.3, -0.25) is 0 Å². The Morgan fingerprint density at radius 3 is 1.42 bits per heavy atom. The molecule has 2 aromatic heterocycles. The number of fused-ring (bicyclic) bond motifs is 6. The average Bonchev–Trinajstić information content (AvgIpc) is 3.53. The van der Waals surface area contributed by atoms with Crippen molar-refractivity contribution in [3.05, 3.63) is 133 Å². The number of nitrogens with zero attached hydrogens (tertiary/aromatic N) is 1. The fourth-order valence-electron chi connectivity index (χ4n) is 5.31. The minimum Gasteiger partial charge on any atom is -0.398 e. The first-order valence-corrected chi connectivity index (χ1v) is 12.2.